The molecule has 8 heteroatoms. The van der Waals surface area contributed by atoms with Crippen LogP contribution in [-0.4, -0.2) is 41.1 Å². The van der Waals surface area contributed by atoms with Crippen molar-refractivity contribution in [2.24, 2.45) is 4.99 Å². The molecule has 110 valence electrons. The number of aliphatic imine (C=N–C) groups is 1. The van der Waals surface area contributed by atoms with Crippen molar-refractivity contribution in [3.05, 3.63) is 29.8 Å². The Kier molecular flexibility index (Phi) is 4.10. The Bertz CT molecular complexity index is 779. The number of hydrogen-bond donors (Lipinski definition) is 0. The standard InChI is InChI=1S/C13H13N3O2S3/c1-9-2-4-10(5-3-9)12-13(20-16-15-12)21(17,18)8-11-14-6-7-19-11/h2-5H,6-8H2,1H3. The lowest BCUT2D eigenvalue weighted by molar-refractivity contribution is 0.602. The molecule has 3 rings (SSSR count). The second kappa shape index (κ2) is 5.86. The summed E-state index contributed by atoms with van der Waals surface area (Å²) in [5.74, 6) is 0.803. The Morgan fingerprint density at radius 3 is 2.67 bits per heavy atom. The zero-order valence-corrected chi connectivity index (χ0v) is 13.8. The summed E-state index contributed by atoms with van der Waals surface area (Å²) < 4.78 is 29.1. The van der Waals surface area contributed by atoms with Gasteiger partial charge >= 0.3 is 0 Å². The van der Waals surface area contributed by atoms with Crippen LogP contribution in [0.1, 0.15) is 5.56 Å². The second-order valence-electron chi connectivity index (χ2n) is 4.66. The van der Waals surface area contributed by atoms with Gasteiger partial charge in [-0.25, -0.2) is 8.42 Å². The average Bonchev–Trinajstić information content (AvgIpc) is 3.10. The van der Waals surface area contributed by atoms with Crippen LogP contribution in [0.25, 0.3) is 11.3 Å². The first kappa shape index (κ1) is 14.7. The molecule has 0 unspecified atom stereocenters. The molecule has 0 amide bonds. The first-order chi connectivity index (χ1) is 10.1. The van der Waals surface area contributed by atoms with E-state index in [0.717, 1.165) is 28.4 Å². The number of aromatic nitrogens is 2. The normalized spacial score (nSPS) is 15.2. The van der Waals surface area contributed by atoms with Gasteiger partial charge in [0, 0.05) is 29.4 Å². The van der Waals surface area contributed by atoms with E-state index in [1.807, 2.05) is 31.2 Å². The predicted octanol–water partition coefficient (Wildman–Crippen LogP) is 2.43. The van der Waals surface area contributed by atoms with Crippen molar-refractivity contribution in [3.8, 4) is 11.3 Å². The van der Waals surface area contributed by atoms with Crippen molar-refractivity contribution in [2.75, 3.05) is 18.1 Å². The van der Waals surface area contributed by atoms with E-state index in [1.165, 1.54) is 11.8 Å². The fourth-order valence-corrected chi connectivity index (χ4v) is 5.54. The summed E-state index contributed by atoms with van der Waals surface area (Å²) >= 11 is 2.43. The molecular formula is C13H13N3O2S3. The summed E-state index contributed by atoms with van der Waals surface area (Å²) in [6.07, 6.45) is 0. The quantitative estimate of drug-likeness (QED) is 0.855. The van der Waals surface area contributed by atoms with Gasteiger partial charge in [-0.1, -0.05) is 34.3 Å². The Labute approximate surface area is 131 Å². The molecular weight excluding hydrogens is 326 g/mol. The molecule has 0 aliphatic carbocycles. The zero-order chi connectivity index (χ0) is 14.9. The minimum Gasteiger partial charge on any atom is -0.281 e. The van der Waals surface area contributed by atoms with Crippen LogP contribution in [0.5, 0.6) is 0 Å². The Morgan fingerprint density at radius 2 is 2.00 bits per heavy atom. The van der Waals surface area contributed by atoms with Crippen molar-refractivity contribution in [2.45, 2.75) is 11.1 Å². The van der Waals surface area contributed by atoms with Gasteiger partial charge in [-0.2, -0.15) is 0 Å². The number of aryl methyl sites for hydroxylation is 1. The number of rotatable bonds is 4. The molecule has 0 saturated carbocycles. The molecule has 0 bridgehead atoms. The molecule has 1 aliphatic heterocycles. The van der Waals surface area contributed by atoms with Gasteiger partial charge in [0.05, 0.1) is 5.04 Å². The van der Waals surface area contributed by atoms with Crippen LogP contribution in [0.4, 0.5) is 0 Å². The molecule has 0 radical (unpaired) electrons. The highest BCUT2D eigenvalue weighted by molar-refractivity contribution is 8.15. The van der Waals surface area contributed by atoms with Gasteiger partial charge in [0.1, 0.15) is 11.4 Å². The largest absolute Gasteiger partial charge is 0.281 e. The summed E-state index contributed by atoms with van der Waals surface area (Å²) in [6.45, 7) is 2.68. The third-order valence-electron chi connectivity index (χ3n) is 3.03. The van der Waals surface area contributed by atoms with Crippen LogP contribution in [0.3, 0.4) is 0 Å². The van der Waals surface area contributed by atoms with Crippen LogP contribution in [0.2, 0.25) is 0 Å². The number of thioether (sulfide) groups is 1. The zero-order valence-electron chi connectivity index (χ0n) is 11.3. The van der Waals surface area contributed by atoms with E-state index in [4.69, 9.17) is 0 Å². The fraction of sp³-hybridized carbons (Fsp3) is 0.308. The predicted molar refractivity (Wildman–Crippen MR) is 86.9 cm³/mol. The van der Waals surface area contributed by atoms with Crippen molar-refractivity contribution < 1.29 is 8.42 Å². The highest BCUT2D eigenvalue weighted by Gasteiger charge is 2.27. The van der Waals surface area contributed by atoms with Crippen LogP contribution >= 0.6 is 23.3 Å². The van der Waals surface area contributed by atoms with E-state index in [2.05, 4.69) is 14.6 Å². The van der Waals surface area contributed by atoms with Gasteiger partial charge in [0.25, 0.3) is 0 Å². The third kappa shape index (κ3) is 3.17. The molecule has 0 saturated heterocycles. The maximum Gasteiger partial charge on any atom is 0.197 e. The van der Waals surface area contributed by atoms with Crippen molar-refractivity contribution in [1.29, 1.82) is 0 Å². The molecule has 2 aromatic rings. The van der Waals surface area contributed by atoms with Gasteiger partial charge in [-0.3, -0.25) is 4.99 Å². The minimum atomic E-state index is -3.45. The minimum absolute atomic E-state index is 0.0552. The number of benzene rings is 1. The Morgan fingerprint density at radius 1 is 1.24 bits per heavy atom. The van der Waals surface area contributed by atoms with E-state index in [1.54, 1.807) is 0 Å². The number of hydrogen-bond acceptors (Lipinski definition) is 7. The smallest absolute Gasteiger partial charge is 0.197 e. The van der Waals surface area contributed by atoms with E-state index in [-0.39, 0.29) is 9.96 Å². The first-order valence-corrected chi connectivity index (χ1v) is 9.76. The van der Waals surface area contributed by atoms with Crippen LogP contribution in [-0.2, 0) is 9.84 Å². The molecule has 2 heterocycles. The van der Waals surface area contributed by atoms with Gasteiger partial charge in [0.2, 0.25) is 0 Å². The summed E-state index contributed by atoms with van der Waals surface area (Å²) in [4.78, 5) is 4.21. The molecule has 1 aromatic carbocycles. The highest BCUT2D eigenvalue weighted by atomic mass is 32.2. The molecule has 0 spiro atoms. The molecule has 1 aliphatic rings. The average molecular weight is 339 g/mol. The Balaban J connectivity index is 1.96. The van der Waals surface area contributed by atoms with Gasteiger partial charge < -0.3 is 0 Å². The van der Waals surface area contributed by atoms with Gasteiger partial charge in [-0.05, 0) is 6.92 Å². The summed E-state index contributed by atoms with van der Waals surface area (Å²) in [5.41, 5.74) is 2.32. The van der Waals surface area contributed by atoms with E-state index < -0.39 is 9.84 Å². The van der Waals surface area contributed by atoms with Crippen LogP contribution in [0.15, 0.2) is 33.5 Å². The Hall–Kier alpha value is -1.25. The van der Waals surface area contributed by atoms with Crippen molar-refractivity contribution in [1.82, 2.24) is 9.59 Å². The number of sulfone groups is 1. The van der Waals surface area contributed by atoms with Crippen molar-refractivity contribution in [3.63, 3.8) is 0 Å². The van der Waals surface area contributed by atoms with Gasteiger partial charge in [-0.15, -0.1) is 16.9 Å². The maximum atomic E-state index is 12.5. The lowest BCUT2D eigenvalue weighted by Crippen LogP contribution is -2.12. The monoisotopic (exact) mass is 339 g/mol. The third-order valence-corrected chi connectivity index (χ3v) is 7.12. The molecule has 0 N–H and O–H groups in total. The SMILES string of the molecule is Cc1ccc(-c2nnsc2S(=O)(=O)CC2=NCCS2)cc1. The van der Waals surface area contributed by atoms with E-state index in [9.17, 15) is 8.42 Å². The topological polar surface area (TPSA) is 72.3 Å². The molecule has 5 nitrogen and oxygen atoms in total. The van der Waals surface area contributed by atoms with Crippen LogP contribution in [0, 0.1) is 6.92 Å². The lowest BCUT2D eigenvalue weighted by atomic mass is 10.1. The highest BCUT2D eigenvalue weighted by Crippen LogP contribution is 2.30. The first-order valence-electron chi connectivity index (χ1n) is 6.34. The molecule has 1 aromatic heterocycles. The maximum absolute atomic E-state index is 12.5. The second-order valence-corrected chi connectivity index (χ2v) is 8.77. The summed E-state index contributed by atoms with van der Waals surface area (Å²) in [7, 11) is -3.45. The summed E-state index contributed by atoms with van der Waals surface area (Å²) in [5, 5.41) is 4.68. The molecule has 0 fully saturated rings. The summed E-state index contributed by atoms with van der Waals surface area (Å²) in [6, 6.07) is 7.60. The van der Waals surface area contributed by atoms with Crippen LogP contribution < -0.4 is 0 Å². The van der Waals surface area contributed by atoms with Gasteiger partial charge in [0.15, 0.2) is 14.0 Å². The molecule has 21 heavy (non-hydrogen) atoms. The van der Waals surface area contributed by atoms with Crippen molar-refractivity contribution >= 4 is 38.2 Å². The van der Waals surface area contributed by atoms with E-state index >= 15 is 0 Å². The number of nitrogens with zero attached hydrogens (tertiary/aromatic N) is 3. The lowest BCUT2D eigenvalue weighted by Gasteiger charge is -2.04. The fourth-order valence-electron chi connectivity index (χ4n) is 1.97. The van der Waals surface area contributed by atoms with E-state index in [0.29, 0.717) is 17.3 Å². The molecule has 0 atom stereocenters.